The minimum absolute atomic E-state index is 0.186. The number of thiazole rings is 1. The van der Waals surface area contributed by atoms with Gasteiger partial charge in [0.15, 0.2) is 0 Å². The summed E-state index contributed by atoms with van der Waals surface area (Å²) < 4.78 is 5.88. The molecule has 0 amide bonds. The van der Waals surface area contributed by atoms with Crippen LogP contribution >= 0.6 is 11.3 Å². The van der Waals surface area contributed by atoms with Crippen molar-refractivity contribution in [3.05, 3.63) is 36.4 Å². The van der Waals surface area contributed by atoms with E-state index < -0.39 is 0 Å². The molecule has 2 aromatic heterocycles. The molecule has 0 radical (unpaired) electrons. The maximum absolute atomic E-state index is 5.88. The molecule has 126 valence electrons. The maximum Gasteiger partial charge on any atom is 0.214 e. The lowest BCUT2D eigenvalue weighted by Crippen LogP contribution is -2.11. The number of anilines is 1. The first-order valence-electron chi connectivity index (χ1n) is 8.29. The van der Waals surface area contributed by atoms with Crippen LogP contribution in [0, 0.1) is 0 Å². The highest BCUT2D eigenvalue weighted by Gasteiger charge is 2.10. The number of fused-ring (bicyclic) bond motifs is 1. The third kappa shape index (κ3) is 3.67. The van der Waals surface area contributed by atoms with Crippen molar-refractivity contribution in [3.8, 4) is 16.5 Å². The Hall–Kier alpha value is -2.14. The average Bonchev–Trinajstić information content (AvgIpc) is 2.98. The summed E-state index contributed by atoms with van der Waals surface area (Å²) in [5.74, 6) is 0.682. The Morgan fingerprint density at radius 2 is 1.83 bits per heavy atom. The van der Waals surface area contributed by atoms with E-state index in [0.29, 0.717) is 5.88 Å². The number of hydrogen-bond donors (Lipinski definition) is 0. The van der Waals surface area contributed by atoms with E-state index in [4.69, 9.17) is 9.72 Å². The molecule has 24 heavy (non-hydrogen) atoms. The van der Waals surface area contributed by atoms with Crippen molar-refractivity contribution >= 4 is 27.4 Å². The van der Waals surface area contributed by atoms with Crippen LogP contribution < -0.4 is 9.64 Å². The Kier molecular flexibility index (Phi) is 5.00. The van der Waals surface area contributed by atoms with Crippen molar-refractivity contribution in [3.63, 3.8) is 0 Å². The van der Waals surface area contributed by atoms with E-state index >= 15 is 0 Å². The number of pyridine rings is 1. The fourth-order valence-corrected chi connectivity index (χ4v) is 3.50. The molecule has 2 heterocycles. The summed E-state index contributed by atoms with van der Waals surface area (Å²) in [5.41, 5.74) is 3.21. The molecule has 0 N–H and O–H groups in total. The van der Waals surface area contributed by atoms with Gasteiger partial charge in [0.1, 0.15) is 15.4 Å². The zero-order valence-electron chi connectivity index (χ0n) is 14.6. The fraction of sp³-hybridized carbons (Fsp3) is 0.368. The summed E-state index contributed by atoms with van der Waals surface area (Å²) in [5, 5.41) is 0.988. The van der Waals surface area contributed by atoms with E-state index in [-0.39, 0.29) is 6.10 Å². The Morgan fingerprint density at radius 3 is 2.50 bits per heavy atom. The fourth-order valence-electron chi connectivity index (χ4n) is 2.56. The molecule has 3 aromatic rings. The molecule has 0 saturated carbocycles. The van der Waals surface area contributed by atoms with Crippen LogP contribution in [0.25, 0.3) is 20.9 Å². The van der Waals surface area contributed by atoms with Crippen molar-refractivity contribution in [2.24, 2.45) is 0 Å². The van der Waals surface area contributed by atoms with Gasteiger partial charge in [0.05, 0.1) is 6.10 Å². The van der Waals surface area contributed by atoms with Crippen LogP contribution in [0.15, 0.2) is 36.4 Å². The molecular formula is C19H23N3OS. The van der Waals surface area contributed by atoms with Crippen molar-refractivity contribution in [1.82, 2.24) is 9.97 Å². The molecule has 0 spiro atoms. The zero-order chi connectivity index (χ0) is 17.1. The third-order valence-corrected chi connectivity index (χ3v) is 4.89. The molecule has 1 aromatic carbocycles. The molecule has 0 aliphatic heterocycles. The minimum Gasteiger partial charge on any atom is -0.475 e. The molecule has 0 saturated heterocycles. The van der Waals surface area contributed by atoms with E-state index in [2.05, 4.69) is 48.0 Å². The largest absolute Gasteiger partial charge is 0.475 e. The van der Waals surface area contributed by atoms with Crippen LogP contribution in [-0.2, 0) is 0 Å². The first kappa shape index (κ1) is 16.7. The van der Waals surface area contributed by atoms with Crippen LogP contribution in [0.5, 0.6) is 5.88 Å². The molecular weight excluding hydrogens is 318 g/mol. The van der Waals surface area contributed by atoms with Crippen LogP contribution in [0.3, 0.4) is 0 Å². The highest BCUT2D eigenvalue weighted by atomic mass is 32.1. The second-order valence-corrected chi connectivity index (χ2v) is 7.13. The van der Waals surface area contributed by atoms with E-state index in [9.17, 15) is 0 Å². The van der Waals surface area contributed by atoms with E-state index in [0.717, 1.165) is 33.8 Å². The lowest BCUT2D eigenvalue weighted by Gasteiger charge is -2.12. The Morgan fingerprint density at radius 1 is 1.08 bits per heavy atom. The molecule has 0 fully saturated rings. The van der Waals surface area contributed by atoms with Crippen molar-refractivity contribution in [2.75, 3.05) is 19.0 Å². The van der Waals surface area contributed by atoms with Gasteiger partial charge in [0, 0.05) is 31.4 Å². The first-order chi connectivity index (χ1) is 11.6. The van der Waals surface area contributed by atoms with Gasteiger partial charge in [-0.3, -0.25) is 0 Å². The number of benzene rings is 1. The highest BCUT2D eigenvalue weighted by molar-refractivity contribution is 7.21. The number of ether oxygens (including phenoxy) is 1. The maximum atomic E-state index is 5.88. The molecule has 0 bridgehead atoms. The normalized spacial score (nSPS) is 12.3. The third-order valence-electron chi connectivity index (χ3n) is 3.88. The average molecular weight is 341 g/mol. The summed E-state index contributed by atoms with van der Waals surface area (Å²) in [4.78, 5) is 12.3. The molecule has 1 atom stereocenters. The molecule has 3 rings (SSSR count). The molecule has 5 heteroatoms. The van der Waals surface area contributed by atoms with E-state index in [1.807, 2.05) is 26.2 Å². The van der Waals surface area contributed by atoms with Crippen LogP contribution in [0.2, 0.25) is 0 Å². The Bertz CT molecular complexity index is 811. The van der Waals surface area contributed by atoms with Crippen LogP contribution in [-0.4, -0.2) is 30.2 Å². The molecule has 0 aliphatic rings. The van der Waals surface area contributed by atoms with Gasteiger partial charge in [-0.25, -0.2) is 9.97 Å². The number of nitrogens with zero attached hydrogens (tertiary/aromatic N) is 3. The topological polar surface area (TPSA) is 38.2 Å². The SMILES string of the molecule is CCCC(C)Oc1ccc2nc(-c3ccc(N(C)C)cc3)sc2n1. The van der Waals surface area contributed by atoms with Crippen molar-refractivity contribution < 1.29 is 4.74 Å². The predicted octanol–water partition coefficient (Wildman–Crippen LogP) is 4.99. The smallest absolute Gasteiger partial charge is 0.214 e. The summed E-state index contributed by atoms with van der Waals surface area (Å²) in [6.45, 7) is 4.24. The predicted molar refractivity (Wildman–Crippen MR) is 102 cm³/mol. The summed E-state index contributed by atoms with van der Waals surface area (Å²) in [7, 11) is 4.08. The van der Waals surface area contributed by atoms with Gasteiger partial charge >= 0.3 is 0 Å². The van der Waals surface area contributed by atoms with Gasteiger partial charge in [0.25, 0.3) is 0 Å². The number of hydrogen-bond acceptors (Lipinski definition) is 5. The van der Waals surface area contributed by atoms with Gasteiger partial charge in [-0.05, 0) is 43.7 Å². The zero-order valence-corrected chi connectivity index (χ0v) is 15.4. The van der Waals surface area contributed by atoms with E-state index in [1.165, 1.54) is 5.69 Å². The summed E-state index contributed by atoms with van der Waals surface area (Å²) >= 11 is 1.60. The van der Waals surface area contributed by atoms with E-state index in [1.54, 1.807) is 11.3 Å². The monoisotopic (exact) mass is 341 g/mol. The second-order valence-electron chi connectivity index (χ2n) is 6.15. The van der Waals surface area contributed by atoms with Gasteiger partial charge < -0.3 is 9.64 Å². The summed E-state index contributed by atoms with van der Waals surface area (Å²) in [6.07, 6.45) is 2.33. The van der Waals surface area contributed by atoms with Crippen LogP contribution in [0.4, 0.5) is 5.69 Å². The number of rotatable bonds is 6. The second kappa shape index (κ2) is 7.18. The molecule has 0 aliphatic carbocycles. The standard InChI is InChI=1S/C19H23N3OS/c1-5-6-13(2)23-17-12-11-16-19(21-17)24-18(20-16)14-7-9-15(10-8-14)22(3)4/h7-13H,5-6H2,1-4H3. The Labute approximate surface area is 147 Å². The Balaban J connectivity index is 1.85. The lowest BCUT2D eigenvalue weighted by atomic mass is 10.2. The van der Waals surface area contributed by atoms with Gasteiger partial charge in [-0.1, -0.05) is 24.7 Å². The van der Waals surface area contributed by atoms with Crippen molar-refractivity contribution in [1.29, 1.82) is 0 Å². The first-order valence-corrected chi connectivity index (χ1v) is 9.10. The van der Waals surface area contributed by atoms with Crippen molar-refractivity contribution in [2.45, 2.75) is 32.8 Å². The molecule has 1 unspecified atom stereocenters. The summed E-state index contributed by atoms with van der Waals surface area (Å²) in [6, 6.07) is 12.3. The minimum atomic E-state index is 0.186. The highest BCUT2D eigenvalue weighted by Crippen LogP contribution is 2.31. The molecule has 4 nitrogen and oxygen atoms in total. The van der Waals surface area contributed by atoms with Gasteiger partial charge in [-0.2, -0.15) is 0 Å². The van der Waals surface area contributed by atoms with Gasteiger partial charge in [0.2, 0.25) is 5.88 Å². The lowest BCUT2D eigenvalue weighted by molar-refractivity contribution is 0.202. The van der Waals surface area contributed by atoms with Crippen LogP contribution in [0.1, 0.15) is 26.7 Å². The number of aromatic nitrogens is 2. The quantitative estimate of drug-likeness (QED) is 0.633. The van der Waals surface area contributed by atoms with Gasteiger partial charge in [-0.15, -0.1) is 0 Å².